The number of amides is 1. The van der Waals surface area contributed by atoms with E-state index in [9.17, 15) is 4.79 Å². The van der Waals surface area contributed by atoms with Gasteiger partial charge in [0.2, 0.25) is 5.91 Å². The largest absolute Gasteiger partial charge is 0.324 e. The van der Waals surface area contributed by atoms with Crippen molar-refractivity contribution in [1.29, 1.82) is 0 Å². The van der Waals surface area contributed by atoms with Gasteiger partial charge in [-0.15, -0.1) is 12.4 Å². The number of nitrogens with two attached hydrogens (primary N) is 1. The Hall–Kier alpha value is -0.770. The lowest BCUT2D eigenvalue weighted by atomic mass is 10.2. The molecule has 0 spiro atoms. The molecular weight excluding hydrogens is 235 g/mol. The van der Waals surface area contributed by atoms with Crippen molar-refractivity contribution in [3.8, 4) is 0 Å². The van der Waals surface area contributed by atoms with Gasteiger partial charge in [-0.05, 0) is 31.5 Å². The standard InChI is InChI=1S/C10H13ClN2O.ClH/c1-6-8(11)4-3-5-9(6)13-10(14)7(2)12;/h3-5,7H,12H2,1-2H3,(H,13,14);1H/t7-;/m0./s1. The molecule has 1 amide bonds. The lowest BCUT2D eigenvalue weighted by molar-refractivity contribution is -0.117. The fourth-order valence-electron chi connectivity index (χ4n) is 0.989. The fraction of sp³-hybridized carbons (Fsp3) is 0.300. The predicted molar refractivity (Wildman–Crippen MR) is 65.7 cm³/mol. The van der Waals surface area contributed by atoms with Crippen molar-refractivity contribution in [2.75, 3.05) is 5.32 Å². The highest BCUT2D eigenvalue weighted by Crippen LogP contribution is 2.22. The van der Waals surface area contributed by atoms with E-state index in [2.05, 4.69) is 5.32 Å². The first-order valence-electron chi connectivity index (χ1n) is 4.34. The summed E-state index contributed by atoms with van der Waals surface area (Å²) < 4.78 is 0. The van der Waals surface area contributed by atoms with Crippen molar-refractivity contribution in [2.45, 2.75) is 19.9 Å². The lowest BCUT2D eigenvalue weighted by Crippen LogP contribution is -2.32. The van der Waals surface area contributed by atoms with Crippen LogP contribution in [0.2, 0.25) is 5.02 Å². The van der Waals surface area contributed by atoms with Gasteiger partial charge < -0.3 is 11.1 Å². The average molecular weight is 249 g/mol. The SMILES string of the molecule is Cc1c(Cl)cccc1NC(=O)[C@H](C)N.Cl. The van der Waals surface area contributed by atoms with Gasteiger partial charge in [0.1, 0.15) is 0 Å². The van der Waals surface area contributed by atoms with Crippen LogP contribution in [0.25, 0.3) is 0 Å². The molecule has 0 bridgehead atoms. The van der Waals surface area contributed by atoms with Crippen LogP contribution in [0.4, 0.5) is 5.69 Å². The summed E-state index contributed by atoms with van der Waals surface area (Å²) >= 11 is 5.89. The molecule has 0 aliphatic heterocycles. The molecule has 0 radical (unpaired) electrons. The monoisotopic (exact) mass is 248 g/mol. The molecule has 0 saturated carbocycles. The van der Waals surface area contributed by atoms with Gasteiger partial charge in [-0.25, -0.2) is 0 Å². The molecule has 0 fully saturated rings. The Balaban J connectivity index is 0.00000196. The molecule has 1 aromatic carbocycles. The summed E-state index contributed by atoms with van der Waals surface area (Å²) in [4.78, 5) is 11.3. The van der Waals surface area contributed by atoms with Gasteiger partial charge in [-0.1, -0.05) is 17.7 Å². The van der Waals surface area contributed by atoms with Crippen LogP contribution in [0.3, 0.4) is 0 Å². The highest BCUT2D eigenvalue weighted by Gasteiger charge is 2.09. The molecule has 0 saturated heterocycles. The summed E-state index contributed by atoms with van der Waals surface area (Å²) in [5, 5.41) is 3.33. The molecule has 3 N–H and O–H groups in total. The van der Waals surface area contributed by atoms with Crippen molar-refractivity contribution in [3.63, 3.8) is 0 Å². The maximum Gasteiger partial charge on any atom is 0.241 e. The summed E-state index contributed by atoms with van der Waals surface area (Å²) in [7, 11) is 0. The maximum absolute atomic E-state index is 11.3. The zero-order valence-corrected chi connectivity index (χ0v) is 10.2. The second-order valence-electron chi connectivity index (χ2n) is 3.19. The van der Waals surface area contributed by atoms with Gasteiger partial charge in [0.25, 0.3) is 0 Å². The van der Waals surface area contributed by atoms with Crippen molar-refractivity contribution >= 4 is 35.6 Å². The molecule has 3 nitrogen and oxygen atoms in total. The van der Waals surface area contributed by atoms with E-state index in [1.165, 1.54) is 0 Å². The van der Waals surface area contributed by atoms with Gasteiger partial charge in [-0.3, -0.25) is 4.79 Å². The van der Waals surface area contributed by atoms with Crippen molar-refractivity contribution in [3.05, 3.63) is 28.8 Å². The predicted octanol–water partition coefficient (Wildman–Crippen LogP) is 2.36. The van der Waals surface area contributed by atoms with Crippen LogP contribution in [0, 0.1) is 6.92 Å². The lowest BCUT2D eigenvalue weighted by Gasteiger charge is -2.10. The van der Waals surface area contributed by atoms with Crippen LogP contribution in [0.1, 0.15) is 12.5 Å². The van der Waals surface area contributed by atoms with E-state index in [0.29, 0.717) is 10.7 Å². The molecule has 5 heteroatoms. The molecule has 15 heavy (non-hydrogen) atoms. The van der Waals surface area contributed by atoms with Gasteiger partial charge in [-0.2, -0.15) is 0 Å². The van der Waals surface area contributed by atoms with Crippen molar-refractivity contribution in [1.82, 2.24) is 0 Å². The molecule has 1 atom stereocenters. The van der Waals surface area contributed by atoms with E-state index in [4.69, 9.17) is 17.3 Å². The second kappa shape index (κ2) is 5.95. The molecule has 0 heterocycles. The molecule has 1 rings (SSSR count). The zero-order chi connectivity index (χ0) is 10.7. The second-order valence-corrected chi connectivity index (χ2v) is 3.60. The van der Waals surface area contributed by atoms with Crippen LogP contribution in [0.15, 0.2) is 18.2 Å². The minimum absolute atomic E-state index is 0. The maximum atomic E-state index is 11.3. The summed E-state index contributed by atoms with van der Waals surface area (Å²) in [6.07, 6.45) is 0. The smallest absolute Gasteiger partial charge is 0.241 e. The Labute approximate surface area is 100 Å². The van der Waals surface area contributed by atoms with Gasteiger partial charge >= 0.3 is 0 Å². The Kier molecular flexibility index (Phi) is 5.65. The number of benzene rings is 1. The fourth-order valence-corrected chi connectivity index (χ4v) is 1.16. The van der Waals surface area contributed by atoms with Crippen molar-refractivity contribution in [2.24, 2.45) is 5.73 Å². The van der Waals surface area contributed by atoms with E-state index >= 15 is 0 Å². The Morgan fingerprint density at radius 1 is 1.53 bits per heavy atom. The summed E-state index contributed by atoms with van der Waals surface area (Å²) in [6, 6.07) is 4.83. The number of hydrogen-bond donors (Lipinski definition) is 2. The van der Waals surface area contributed by atoms with Crippen LogP contribution in [-0.4, -0.2) is 11.9 Å². The highest BCUT2D eigenvalue weighted by atomic mass is 35.5. The van der Waals surface area contributed by atoms with Crippen LogP contribution >= 0.6 is 24.0 Å². The first-order valence-corrected chi connectivity index (χ1v) is 4.71. The molecule has 0 aromatic heterocycles. The zero-order valence-electron chi connectivity index (χ0n) is 8.58. The molecule has 0 aliphatic rings. The number of carbonyl (C=O) groups excluding carboxylic acids is 1. The van der Waals surface area contributed by atoms with Gasteiger partial charge in [0.15, 0.2) is 0 Å². The first kappa shape index (κ1) is 14.2. The molecule has 1 aromatic rings. The molecule has 84 valence electrons. The summed E-state index contributed by atoms with van der Waals surface area (Å²) in [5.41, 5.74) is 6.99. The Morgan fingerprint density at radius 2 is 2.13 bits per heavy atom. The minimum atomic E-state index is -0.520. The van der Waals surface area contributed by atoms with E-state index < -0.39 is 6.04 Å². The number of nitrogens with one attached hydrogen (secondary N) is 1. The molecule has 0 aliphatic carbocycles. The van der Waals surface area contributed by atoms with Gasteiger partial charge in [0.05, 0.1) is 6.04 Å². The van der Waals surface area contributed by atoms with Crippen molar-refractivity contribution < 1.29 is 4.79 Å². The number of hydrogen-bond acceptors (Lipinski definition) is 2. The highest BCUT2D eigenvalue weighted by molar-refractivity contribution is 6.31. The van der Waals surface area contributed by atoms with Gasteiger partial charge in [0, 0.05) is 10.7 Å². The third-order valence-corrected chi connectivity index (χ3v) is 2.35. The third kappa shape index (κ3) is 3.70. The van der Waals surface area contributed by atoms with Crippen LogP contribution < -0.4 is 11.1 Å². The quantitative estimate of drug-likeness (QED) is 0.845. The topological polar surface area (TPSA) is 55.1 Å². The van der Waals surface area contributed by atoms with E-state index in [-0.39, 0.29) is 18.3 Å². The van der Waals surface area contributed by atoms with E-state index in [0.717, 1.165) is 5.56 Å². The number of anilines is 1. The summed E-state index contributed by atoms with van der Waals surface area (Å²) in [6.45, 7) is 3.48. The van der Waals surface area contributed by atoms with Crippen LogP contribution in [-0.2, 0) is 4.79 Å². The number of halogens is 2. The normalized spacial score (nSPS) is 11.5. The van der Waals surface area contributed by atoms with E-state index in [1.807, 2.05) is 6.92 Å². The van der Waals surface area contributed by atoms with Crippen LogP contribution in [0.5, 0.6) is 0 Å². The molecule has 0 unspecified atom stereocenters. The molecular formula is C10H14Cl2N2O. The number of rotatable bonds is 2. The first-order chi connectivity index (χ1) is 6.52. The third-order valence-electron chi connectivity index (χ3n) is 1.94. The summed E-state index contributed by atoms with van der Waals surface area (Å²) in [5.74, 6) is -0.213. The Morgan fingerprint density at radius 3 is 2.67 bits per heavy atom. The number of carbonyl (C=O) groups is 1. The Bertz CT molecular complexity index is 353. The average Bonchev–Trinajstić information content (AvgIpc) is 2.12. The minimum Gasteiger partial charge on any atom is -0.324 e. The van der Waals surface area contributed by atoms with E-state index in [1.54, 1.807) is 25.1 Å².